The smallest absolute Gasteiger partial charge is 0.240 e. The van der Waals surface area contributed by atoms with Crippen LogP contribution in [0.3, 0.4) is 0 Å². The summed E-state index contributed by atoms with van der Waals surface area (Å²) in [6, 6.07) is 19.9. The number of carbonyl (C=O) groups is 2. The summed E-state index contributed by atoms with van der Waals surface area (Å²) in [5.41, 5.74) is 1.45. The summed E-state index contributed by atoms with van der Waals surface area (Å²) >= 11 is 0. The minimum absolute atomic E-state index is 0.0317. The van der Waals surface area contributed by atoms with Crippen LogP contribution in [-0.4, -0.2) is 39.9 Å². The van der Waals surface area contributed by atoms with E-state index in [2.05, 4.69) is 10.0 Å². The number of rotatable bonds is 8. The largest absolute Gasteiger partial charge is 0.490 e. The van der Waals surface area contributed by atoms with Crippen LogP contribution < -0.4 is 19.5 Å². The highest BCUT2D eigenvalue weighted by Gasteiger charge is 2.19. The Kier molecular flexibility index (Phi) is 7.24. The average Bonchev–Trinajstić information content (AvgIpc) is 3.09. The maximum atomic E-state index is 12.6. The number of carbonyl (C=O) groups excluding carboxylic acids is 2. The van der Waals surface area contributed by atoms with E-state index in [1.807, 2.05) is 6.07 Å². The standard InChI is InChI=1S/C25H24N2O6S/c28-24(27-20-9-4-8-19(16-20)25(29)18-6-2-1-3-7-18)12-13-26-34(30,31)21-10-11-22-23(17-21)33-15-5-14-32-22/h1-4,6-11,16-17,26H,5,12-15H2,(H,27,28). The van der Waals surface area contributed by atoms with Crippen molar-refractivity contribution in [3.8, 4) is 11.5 Å². The van der Waals surface area contributed by atoms with Gasteiger partial charge in [-0.3, -0.25) is 9.59 Å². The number of fused-ring (bicyclic) bond motifs is 1. The first kappa shape index (κ1) is 23.5. The number of sulfonamides is 1. The van der Waals surface area contributed by atoms with Crippen molar-refractivity contribution in [3.63, 3.8) is 0 Å². The van der Waals surface area contributed by atoms with Gasteiger partial charge in [-0.25, -0.2) is 13.1 Å². The minimum Gasteiger partial charge on any atom is -0.490 e. The fourth-order valence-corrected chi connectivity index (χ4v) is 4.46. The van der Waals surface area contributed by atoms with Crippen LogP contribution >= 0.6 is 0 Å². The molecule has 8 nitrogen and oxygen atoms in total. The summed E-state index contributed by atoms with van der Waals surface area (Å²) in [7, 11) is -3.83. The lowest BCUT2D eigenvalue weighted by atomic mass is 10.0. The van der Waals surface area contributed by atoms with Crippen LogP contribution in [0.15, 0.2) is 77.7 Å². The molecule has 1 aliphatic heterocycles. The van der Waals surface area contributed by atoms with Crippen molar-refractivity contribution < 1.29 is 27.5 Å². The van der Waals surface area contributed by atoms with Gasteiger partial charge in [0, 0.05) is 42.3 Å². The van der Waals surface area contributed by atoms with Gasteiger partial charge in [0.25, 0.3) is 0 Å². The fraction of sp³-hybridized carbons (Fsp3) is 0.200. The first-order valence-corrected chi connectivity index (χ1v) is 12.3. The Morgan fingerprint density at radius 2 is 1.56 bits per heavy atom. The first-order chi connectivity index (χ1) is 16.4. The van der Waals surface area contributed by atoms with Crippen molar-refractivity contribution in [1.29, 1.82) is 0 Å². The predicted octanol–water partition coefficient (Wildman–Crippen LogP) is 3.39. The quantitative estimate of drug-likeness (QED) is 0.478. The zero-order valence-corrected chi connectivity index (χ0v) is 19.1. The third kappa shape index (κ3) is 5.81. The van der Waals surface area contributed by atoms with Gasteiger partial charge < -0.3 is 14.8 Å². The van der Waals surface area contributed by atoms with E-state index in [9.17, 15) is 18.0 Å². The number of anilines is 1. The number of nitrogens with one attached hydrogen (secondary N) is 2. The Hall–Kier alpha value is -3.69. The summed E-state index contributed by atoms with van der Waals surface area (Å²) in [5, 5.41) is 2.70. The van der Waals surface area contributed by atoms with E-state index >= 15 is 0 Å². The van der Waals surface area contributed by atoms with Crippen LogP contribution in [-0.2, 0) is 14.8 Å². The molecule has 9 heteroatoms. The molecule has 0 atom stereocenters. The normalized spacial score (nSPS) is 13.1. The van der Waals surface area contributed by atoms with Crippen molar-refractivity contribution in [2.24, 2.45) is 0 Å². The van der Waals surface area contributed by atoms with E-state index < -0.39 is 10.0 Å². The molecule has 3 aromatic carbocycles. The lowest BCUT2D eigenvalue weighted by Crippen LogP contribution is -2.28. The summed E-state index contributed by atoms with van der Waals surface area (Å²) < 4.78 is 38.7. The van der Waals surface area contributed by atoms with Crippen LogP contribution in [0.5, 0.6) is 11.5 Å². The molecule has 0 aliphatic carbocycles. The van der Waals surface area contributed by atoms with Gasteiger partial charge in [-0.2, -0.15) is 0 Å². The topological polar surface area (TPSA) is 111 Å². The monoisotopic (exact) mass is 480 g/mol. The SMILES string of the molecule is O=C(CCNS(=O)(=O)c1ccc2c(c1)OCCCO2)Nc1cccc(C(=O)c2ccccc2)c1. The van der Waals surface area contributed by atoms with Crippen molar-refractivity contribution >= 4 is 27.4 Å². The Balaban J connectivity index is 1.33. The molecule has 3 aromatic rings. The highest BCUT2D eigenvalue weighted by molar-refractivity contribution is 7.89. The molecule has 0 bridgehead atoms. The van der Waals surface area contributed by atoms with E-state index in [1.165, 1.54) is 12.1 Å². The minimum atomic E-state index is -3.83. The molecule has 1 aliphatic rings. The maximum Gasteiger partial charge on any atom is 0.240 e. The first-order valence-electron chi connectivity index (χ1n) is 10.8. The van der Waals surface area contributed by atoms with Crippen molar-refractivity contribution in [2.45, 2.75) is 17.7 Å². The molecule has 0 saturated heterocycles. The Labute approximate surface area is 198 Å². The highest BCUT2D eigenvalue weighted by atomic mass is 32.2. The number of ether oxygens (including phenoxy) is 2. The zero-order valence-electron chi connectivity index (χ0n) is 18.3. The van der Waals surface area contributed by atoms with Crippen molar-refractivity contribution in [1.82, 2.24) is 4.72 Å². The Morgan fingerprint density at radius 1 is 0.824 bits per heavy atom. The van der Waals surface area contributed by atoms with Gasteiger partial charge in [0.15, 0.2) is 17.3 Å². The lowest BCUT2D eigenvalue weighted by molar-refractivity contribution is -0.116. The molecule has 4 rings (SSSR count). The van der Waals surface area contributed by atoms with Crippen LogP contribution in [0.1, 0.15) is 28.8 Å². The van der Waals surface area contributed by atoms with Crippen molar-refractivity contribution in [3.05, 3.63) is 83.9 Å². The molecule has 1 heterocycles. The Morgan fingerprint density at radius 3 is 2.35 bits per heavy atom. The van der Waals surface area contributed by atoms with E-state index in [0.29, 0.717) is 47.9 Å². The number of hydrogen-bond acceptors (Lipinski definition) is 6. The molecule has 176 valence electrons. The third-order valence-electron chi connectivity index (χ3n) is 5.12. The molecular weight excluding hydrogens is 456 g/mol. The fourth-order valence-electron chi connectivity index (χ4n) is 3.41. The molecule has 0 fully saturated rings. The number of benzene rings is 3. The molecule has 0 spiro atoms. The average molecular weight is 481 g/mol. The lowest BCUT2D eigenvalue weighted by Gasteiger charge is -2.11. The number of ketones is 1. The molecule has 0 unspecified atom stereocenters. The van der Waals surface area contributed by atoms with Crippen LogP contribution in [0.25, 0.3) is 0 Å². The van der Waals surface area contributed by atoms with Gasteiger partial charge in [-0.1, -0.05) is 42.5 Å². The Bertz CT molecular complexity index is 1290. The second-order valence-corrected chi connectivity index (χ2v) is 9.40. The maximum absolute atomic E-state index is 12.6. The van der Waals surface area contributed by atoms with Gasteiger partial charge in [0.1, 0.15) is 0 Å². The summed E-state index contributed by atoms with van der Waals surface area (Å²) in [6.07, 6.45) is 0.633. The summed E-state index contributed by atoms with van der Waals surface area (Å²) in [6.45, 7) is 0.864. The van der Waals surface area contributed by atoms with Crippen LogP contribution in [0.4, 0.5) is 5.69 Å². The molecule has 0 aromatic heterocycles. The van der Waals surface area contributed by atoms with E-state index in [0.717, 1.165) is 0 Å². The number of hydrogen-bond donors (Lipinski definition) is 2. The van der Waals surface area contributed by atoms with Gasteiger partial charge in [0.2, 0.25) is 15.9 Å². The van der Waals surface area contributed by atoms with Crippen LogP contribution in [0, 0.1) is 0 Å². The van der Waals surface area contributed by atoms with Crippen LogP contribution in [0.2, 0.25) is 0 Å². The van der Waals surface area contributed by atoms with E-state index in [1.54, 1.807) is 54.6 Å². The predicted molar refractivity (Wildman–Crippen MR) is 127 cm³/mol. The third-order valence-corrected chi connectivity index (χ3v) is 6.58. The van der Waals surface area contributed by atoms with Crippen molar-refractivity contribution in [2.75, 3.05) is 25.1 Å². The molecule has 2 N–H and O–H groups in total. The number of amides is 1. The molecule has 1 amide bonds. The van der Waals surface area contributed by atoms with Gasteiger partial charge in [-0.05, 0) is 24.3 Å². The van der Waals surface area contributed by atoms with Gasteiger partial charge in [-0.15, -0.1) is 0 Å². The van der Waals surface area contributed by atoms with E-state index in [-0.39, 0.29) is 29.6 Å². The highest BCUT2D eigenvalue weighted by Crippen LogP contribution is 2.31. The second kappa shape index (κ2) is 10.5. The molecular formula is C25H24N2O6S. The molecule has 0 radical (unpaired) electrons. The zero-order chi connectivity index (χ0) is 24.0. The molecule has 34 heavy (non-hydrogen) atoms. The second-order valence-electron chi connectivity index (χ2n) is 7.63. The van der Waals surface area contributed by atoms with E-state index in [4.69, 9.17) is 9.47 Å². The molecule has 0 saturated carbocycles. The van der Waals surface area contributed by atoms with Gasteiger partial charge in [0.05, 0.1) is 18.1 Å². The van der Waals surface area contributed by atoms with Gasteiger partial charge >= 0.3 is 0 Å². The summed E-state index contributed by atoms with van der Waals surface area (Å²) in [5.74, 6) is 0.345. The summed E-state index contributed by atoms with van der Waals surface area (Å²) in [4.78, 5) is 25.0.